The van der Waals surface area contributed by atoms with Gasteiger partial charge in [0, 0.05) is 10.9 Å². The number of para-hydroxylation sites is 1. The minimum Gasteiger partial charge on any atom is -0.496 e. The molecule has 1 N–H and O–H groups in total. The molecule has 0 saturated heterocycles. The molecular formula is C17H12F2N2O2S. The molecule has 3 rings (SSSR count). The fraction of sp³-hybridized carbons (Fsp3) is 0.0588. The van der Waals surface area contributed by atoms with Crippen LogP contribution in [-0.2, 0) is 0 Å². The summed E-state index contributed by atoms with van der Waals surface area (Å²) in [6.07, 6.45) is 0. The van der Waals surface area contributed by atoms with Crippen molar-refractivity contribution in [3.8, 4) is 17.0 Å². The summed E-state index contributed by atoms with van der Waals surface area (Å²) in [5.74, 6) is -1.10. The highest BCUT2D eigenvalue weighted by Gasteiger charge is 2.15. The van der Waals surface area contributed by atoms with Gasteiger partial charge in [0.25, 0.3) is 5.91 Å². The lowest BCUT2D eigenvalue weighted by Crippen LogP contribution is -2.12. The van der Waals surface area contributed by atoms with Crippen molar-refractivity contribution in [2.75, 3.05) is 12.4 Å². The maximum Gasteiger partial charge on any atom is 0.261 e. The second-order valence-electron chi connectivity index (χ2n) is 4.82. The largest absolute Gasteiger partial charge is 0.496 e. The van der Waals surface area contributed by atoms with E-state index in [9.17, 15) is 13.6 Å². The number of methoxy groups -OCH3 is 1. The molecule has 0 aliphatic heterocycles. The number of nitrogens with zero attached hydrogens (tertiary/aromatic N) is 1. The van der Waals surface area contributed by atoms with Crippen LogP contribution in [0.5, 0.6) is 5.75 Å². The first-order valence-corrected chi connectivity index (χ1v) is 7.82. The molecule has 0 radical (unpaired) electrons. The molecule has 122 valence electrons. The van der Waals surface area contributed by atoms with E-state index < -0.39 is 17.5 Å². The van der Waals surface area contributed by atoms with Crippen LogP contribution in [0.1, 0.15) is 10.4 Å². The monoisotopic (exact) mass is 346 g/mol. The predicted octanol–water partition coefficient (Wildman–Crippen LogP) is 4.35. The van der Waals surface area contributed by atoms with Crippen molar-refractivity contribution in [2.45, 2.75) is 0 Å². The van der Waals surface area contributed by atoms with Gasteiger partial charge >= 0.3 is 0 Å². The van der Waals surface area contributed by atoms with Crippen LogP contribution in [0.15, 0.2) is 47.8 Å². The first-order chi connectivity index (χ1) is 11.6. The van der Waals surface area contributed by atoms with Gasteiger partial charge in [0.15, 0.2) is 5.13 Å². The summed E-state index contributed by atoms with van der Waals surface area (Å²) < 4.78 is 32.2. The Balaban J connectivity index is 1.84. The van der Waals surface area contributed by atoms with Gasteiger partial charge in [0.2, 0.25) is 0 Å². The molecule has 1 aromatic heterocycles. The molecule has 4 nitrogen and oxygen atoms in total. The lowest BCUT2D eigenvalue weighted by molar-refractivity contribution is 0.102. The number of hydrogen-bond acceptors (Lipinski definition) is 4. The summed E-state index contributed by atoms with van der Waals surface area (Å²) in [4.78, 5) is 16.4. The van der Waals surface area contributed by atoms with Crippen molar-refractivity contribution in [3.05, 3.63) is 65.0 Å². The number of carbonyl (C=O) groups is 1. The zero-order valence-electron chi connectivity index (χ0n) is 12.5. The number of halogens is 2. The van der Waals surface area contributed by atoms with Gasteiger partial charge in [0.1, 0.15) is 17.4 Å². The molecule has 2 aromatic carbocycles. The number of thiazole rings is 1. The summed E-state index contributed by atoms with van der Waals surface area (Å²) in [7, 11) is 1.47. The molecule has 0 spiro atoms. The number of ether oxygens (including phenoxy) is 1. The summed E-state index contributed by atoms with van der Waals surface area (Å²) in [5, 5.41) is 4.46. The Kier molecular flexibility index (Phi) is 4.52. The van der Waals surface area contributed by atoms with E-state index in [2.05, 4.69) is 10.3 Å². The van der Waals surface area contributed by atoms with Gasteiger partial charge in [-0.2, -0.15) is 0 Å². The van der Waals surface area contributed by atoms with Crippen LogP contribution in [0.25, 0.3) is 11.3 Å². The number of rotatable bonds is 4. The van der Waals surface area contributed by atoms with Crippen LogP contribution in [0.3, 0.4) is 0 Å². The molecule has 3 aromatic rings. The Morgan fingerprint density at radius 1 is 1.21 bits per heavy atom. The van der Waals surface area contributed by atoms with Crippen LogP contribution >= 0.6 is 11.3 Å². The number of amides is 1. The minimum absolute atomic E-state index is 0.0454. The van der Waals surface area contributed by atoms with E-state index in [1.807, 2.05) is 0 Å². The fourth-order valence-corrected chi connectivity index (χ4v) is 2.85. The molecule has 0 bridgehead atoms. The third-order valence-corrected chi connectivity index (χ3v) is 4.04. The molecule has 0 saturated carbocycles. The highest BCUT2D eigenvalue weighted by Crippen LogP contribution is 2.28. The van der Waals surface area contributed by atoms with E-state index in [0.29, 0.717) is 11.3 Å². The molecule has 1 amide bonds. The van der Waals surface area contributed by atoms with E-state index in [1.165, 1.54) is 7.11 Å². The van der Waals surface area contributed by atoms with Crippen molar-refractivity contribution in [3.63, 3.8) is 0 Å². The molecule has 0 fully saturated rings. The number of aromatic nitrogens is 1. The molecule has 1 heterocycles. The molecular weight excluding hydrogens is 334 g/mol. The van der Waals surface area contributed by atoms with E-state index in [-0.39, 0.29) is 16.4 Å². The third kappa shape index (κ3) is 3.26. The number of anilines is 1. The molecule has 0 atom stereocenters. The lowest BCUT2D eigenvalue weighted by atomic mass is 10.1. The smallest absolute Gasteiger partial charge is 0.261 e. The van der Waals surface area contributed by atoms with E-state index >= 15 is 0 Å². The van der Waals surface area contributed by atoms with Crippen molar-refractivity contribution in [1.29, 1.82) is 0 Å². The van der Waals surface area contributed by atoms with E-state index in [0.717, 1.165) is 29.5 Å². The Morgan fingerprint density at radius 3 is 2.79 bits per heavy atom. The van der Waals surface area contributed by atoms with Crippen molar-refractivity contribution in [1.82, 2.24) is 4.98 Å². The summed E-state index contributed by atoms with van der Waals surface area (Å²) in [6.45, 7) is 0. The minimum atomic E-state index is -0.579. The van der Waals surface area contributed by atoms with Gasteiger partial charge in [-0.05, 0) is 30.3 Å². The number of hydrogen-bond donors (Lipinski definition) is 1. The maximum absolute atomic E-state index is 13.8. The summed E-state index contributed by atoms with van der Waals surface area (Å²) in [5.41, 5.74) is 0.657. The second kappa shape index (κ2) is 6.76. The Hall–Kier alpha value is -2.80. The van der Waals surface area contributed by atoms with Crippen molar-refractivity contribution >= 4 is 22.4 Å². The Morgan fingerprint density at radius 2 is 2.00 bits per heavy atom. The van der Waals surface area contributed by atoms with Gasteiger partial charge in [-0.3, -0.25) is 10.1 Å². The molecule has 0 aliphatic carbocycles. The van der Waals surface area contributed by atoms with Crippen molar-refractivity contribution in [2.24, 2.45) is 0 Å². The van der Waals surface area contributed by atoms with Crippen LogP contribution in [0.2, 0.25) is 0 Å². The van der Waals surface area contributed by atoms with Crippen LogP contribution in [0.4, 0.5) is 13.9 Å². The van der Waals surface area contributed by atoms with E-state index in [4.69, 9.17) is 4.74 Å². The third-order valence-electron chi connectivity index (χ3n) is 3.28. The molecule has 0 aliphatic rings. The molecule has 0 unspecified atom stereocenters. The van der Waals surface area contributed by atoms with Gasteiger partial charge < -0.3 is 4.74 Å². The molecule has 24 heavy (non-hydrogen) atoms. The topological polar surface area (TPSA) is 51.2 Å². The average molecular weight is 346 g/mol. The zero-order chi connectivity index (χ0) is 17.1. The van der Waals surface area contributed by atoms with Gasteiger partial charge in [-0.25, -0.2) is 13.8 Å². The van der Waals surface area contributed by atoms with Crippen LogP contribution < -0.4 is 10.1 Å². The number of nitrogens with one attached hydrogen (secondary N) is 1. The normalized spacial score (nSPS) is 10.5. The standard InChI is InChI=1S/C17H12F2N2O2S/c1-23-15-5-3-2-4-11(15)16(22)21-17-20-14(9-24-17)12-8-10(18)6-7-13(12)19/h2-9H,1H3,(H,20,21,22). The SMILES string of the molecule is COc1ccccc1C(=O)Nc1nc(-c2cc(F)ccc2F)cs1. The lowest BCUT2D eigenvalue weighted by Gasteiger charge is -2.07. The number of benzene rings is 2. The summed E-state index contributed by atoms with van der Waals surface area (Å²) in [6, 6.07) is 9.90. The quantitative estimate of drug-likeness (QED) is 0.764. The predicted molar refractivity (Wildman–Crippen MR) is 88.4 cm³/mol. The highest BCUT2D eigenvalue weighted by molar-refractivity contribution is 7.14. The Bertz CT molecular complexity index is 896. The first kappa shape index (κ1) is 16.1. The fourth-order valence-electron chi connectivity index (χ4n) is 2.15. The average Bonchev–Trinajstić information content (AvgIpc) is 3.05. The van der Waals surface area contributed by atoms with Gasteiger partial charge in [0.05, 0.1) is 18.4 Å². The van der Waals surface area contributed by atoms with Gasteiger partial charge in [-0.1, -0.05) is 12.1 Å². The first-order valence-electron chi connectivity index (χ1n) is 6.94. The van der Waals surface area contributed by atoms with Crippen molar-refractivity contribution < 1.29 is 18.3 Å². The Labute approximate surface area is 140 Å². The molecule has 7 heteroatoms. The summed E-state index contributed by atoms with van der Waals surface area (Å²) >= 11 is 1.12. The second-order valence-corrected chi connectivity index (χ2v) is 5.67. The zero-order valence-corrected chi connectivity index (χ0v) is 13.4. The van der Waals surface area contributed by atoms with E-state index in [1.54, 1.807) is 29.6 Å². The highest BCUT2D eigenvalue weighted by atomic mass is 32.1. The van der Waals surface area contributed by atoms with Crippen LogP contribution in [-0.4, -0.2) is 18.0 Å². The van der Waals surface area contributed by atoms with Crippen LogP contribution in [0, 0.1) is 11.6 Å². The van der Waals surface area contributed by atoms with Gasteiger partial charge in [-0.15, -0.1) is 11.3 Å². The number of carbonyl (C=O) groups excluding carboxylic acids is 1. The maximum atomic E-state index is 13.8.